The molecular formula is C11H10N3NaO3S2. The molecule has 0 bridgehead atoms. The number of carboxylic acids is 1. The first-order valence-corrected chi connectivity index (χ1v) is 7.14. The van der Waals surface area contributed by atoms with Crippen LogP contribution in [0.15, 0.2) is 29.2 Å². The number of nitrogens with zero attached hydrogens (tertiary/aromatic N) is 3. The number of rotatable bonds is 5. The number of carboxylic acid groups (broad SMARTS) is 1. The predicted octanol–water partition coefficient (Wildman–Crippen LogP) is -2.60. The van der Waals surface area contributed by atoms with Gasteiger partial charge < -0.3 is 9.90 Å². The van der Waals surface area contributed by atoms with E-state index in [4.69, 9.17) is 0 Å². The molecule has 0 aliphatic carbocycles. The molecule has 0 aromatic carbocycles. The van der Waals surface area contributed by atoms with E-state index in [2.05, 4.69) is 16.6 Å². The van der Waals surface area contributed by atoms with Gasteiger partial charge in [-0.05, 0) is 0 Å². The van der Waals surface area contributed by atoms with Crippen molar-refractivity contribution in [2.45, 2.75) is 11.7 Å². The molecule has 1 aliphatic heterocycles. The number of carbonyl (C=O) groups is 2. The molecule has 100 valence electrons. The first-order valence-electron chi connectivity index (χ1n) is 5.38. The van der Waals surface area contributed by atoms with Crippen LogP contribution in [0, 0.1) is 0 Å². The summed E-state index contributed by atoms with van der Waals surface area (Å²) >= 11 is 2.46. The molecule has 1 amide bonds. The van der Waals surface area contributed by atoms with Gasteiger partial charge in [-0.3, -0.25) is 9.69 Å². The Morgan fingerprint density at radius 3 is 2.95 bits per heavy atom. The summed E-state index contributed by atoms with van der Waals surface area (Å²) in [6.45, 7) is 3.87. The Morgan fingerprint density at radius 1 is 1.65 bits per heavy atom. The van der Waals surface area contributed by atoms with Crippen LogP contribution in [0.3, 0.4) is 0 Å². The molecule has 0 radical (unpaired) electrons. The molecule has 2 heterocycles. The van der Waals surface area contributed by atoms with Gasteiger partial charge in [0.2, 0.25) is 11.0 Å². The third-order valence-corrected chi connectivity index (χ3v) is 4.13. The van der Waals surface area contributed by atoms with Gasteiger partial charge in [-0.1, -0.05) is 17.8 Å². The van der Waals surface area contributed by atoms with Crippen LogP contribution in [0.2, 0.25) is 0 Å². The average Bonchev–Trinajstić information content (AvgIpc) is 2.94. The summed E-state index contributed by atoms with van der Waals surface area (Å²) in [5, 5.41) is 12.7. The number of aliphatic carboxylic acids is 1. The minimum absolute atomic E-state index is 0. The smallest absolute Gasteiger partial charge is 0.550 e. The fraction of sp³-hybridized carbons (Fsp3) is 0.273. The van der Waals surface area contributed by atoms with Crippen LogP contribution in [0.4, 0.5) is 5.13 Å². The molecule has 6 nitrogen and oxygen atoms in total. The molecule has 0 spiro atoms. The van der Waals surface area contributed by atoms with Crippen molar-refractivity contribution in [3.8, 4) is 0 Å². The molecule has 9 heteroatoms. The minimum atomic E-state index is -1.25. The standard InChI is InChI=1S/C11H11N3O3S2.Na/c1-2-4-14-9(17)7(6-8(15)16)19-11(14)13-10-12-3-5-18-10;/h2-3,5,7H,1,4,6H2,(H,15,16);/q;+1/p-1. The molecule has 0 N–H and O–H groups in total. The van der Waals surface area contributed by atoms with Crippen molar-refractivity contribution in [3.05, 3.63) is 24.2 Å². The molecular weight excluding hydrogens is 309 g/mol. The maximum atomic E-state index is 12.0. The summed E-state index contributed by atoms with van der Waals surface area (Å²) in [5.74, 6) is -1.54. The van der Waals surface area contributed by atoms with Crippen molar-refractivity contribution < 1.29 is 44.3 Å². The van der Waals surface area contributed by atoms with Crippen LogP contribution in [0.1, 0.15) is 6.42 Å². The van der Waals surface area contributed by atoms with Crippen molar-refractivity contribution in [2.24, 2.45) is 4.99 Å². The normalized spacial score (nSPS) is 20.0. The Labute approximate surface area is 146 Å². The second-order valence-electron chi connectivity index (χ2n) is 3.63. The Hall–Kier alpha value is -0.670. The Balaban J connectivity index is 0.00000200. The third kappa shape index (κ3) is 4.16. The molecule has 1 fully saturated rings. The molecule has 1 saturated heterocycles. The Morgan fingerprint density at radius 2 is 2.40 bits per heavy atom. The molecule has 1 aliphatic rings. The number of carbonyl (C=O) groups excluding carboxylic acids is 2. The van der Waals surface area contributed by atoms with Gasteiger partial charge in [0.1, 0.15) is 0 Å². The van der Waals surface area contributed by atoms with Crippen molar-refractivity contribution in [2.75, 3.05) is 6.54 Å². The summed E-state index contributed by atoms with van der Waals surface area (Å²) in [7, 11) is 0. The summed E-state index contributed by atoms with van der Waals surface area (Å²) in [5.41, 5.74) is 0. The Kier molecular flexibility index (Phi) is 6.90. The van der Waals surface area contributed by atoms with E-state index in [1.54, 1.807) is 17.7 Å². The molecule has 1 unspecified atom stereocenters. The zero-order valence-electron chi connectivity index (χ0n) is 10.8. The number of hydrogen-bond acceptors (Lipinski definition) is 7. The van der Waals surface area contributed by atoms with Crippen molar-refractivity contribution in [1.82, 2.24) is 9.88 Å². The predicted molar refractivity (Wildman–Crippen MR) is 72.1 cm³/mol. The van der Waals surface area contributed by atoms with E-state index in [1.165, 1.54) is 16.2 Å². The number of thiazole rings is 1. The number of aromatic nitrogens is 1. The molecule has 2 rings (SSSR count). The largest absolute Gasteiger partial charge is 1.00 e. The maximum Gasteiger partial charge on any atom is 1.00 e. The molecule has 20 heavy (non-hydrogen) atoms. The zero-order valence-corrected chi connectivity index (χ0v) is 14.4. The minimum Gasteiger partial charge on any atom is -0.550 e. The van der Waals surface area contributed by atoms with Crippen molar-refractivity contribution >= 4 is 45.3 Å². The first kappa shape index (κ1) is 17.4. The van der Waals surface area contributed by atoms with E-state index in [-0.39, 0.29) is 41.9 Å². The molecule has 1 atom stereocenters. The van der Waals surface area contributed by atoms with Crippen molar-refractivity contribution in [1.29, 1.82) is 0 Å². The van der Waals surface area contributed by atoms with Gasteiger partial charge >= 0.3 is 29.6 Å². The van der Waals surface area contributed by atoms with Gasteiger partial charge in [-0.15, -0.1) is 17.9 Å². The van der Waals surface area contributed by atoms with Crippen LogP contribution in [-0.2, 0) is 9.59 Å². The number of thioether (sulfide) groups is 1. The molecule has 1 aromatic rings. The second kappa shape index (κ2) is 7.94. The van der Waals surface area contributed by atoms with E-state index >= 15 is 0 Å². The summed E-state index contributed by atoms with van der Waals surface area (Å²) in [6.07, 6.45) is 2.85. The summed E-state index contributed by atoms with van der Waals surface area (Å²) in [4.78, 5) is 32.3. The molecule has 1 aromatic heterocycles. The SMILES string of the molecule is C=CCN1C(=O)C(CC(=O)[O-])SC1=Nc1nccs1.[Na+]. The molecule has 0 saturated carbocycles. The number of aliphatic imine (C=N–C) groups is 1. The first-order chi connectivity index (χ1) is 9.11. The van der Waals surface area contributed by atoms with Crippen LogP contribution < -0.4 is 34.7 Å². The number of amidine groups is 1. The Bertz CT molecular complexity index is 533. The quantitative estimate of drug-likeness (QED) is 0.439. The van der Waals surface area contributed by atoms with E-state index in [0.29, 0.717) is 16.8 Å². The fourth-order valence-corrected chi connectivity index (χ4v) is 3.22. The van der Waals surface area contributed by atoms with Crippen LogP contribution in [0.25, 0.3) is 0 Å². The van der Waals surface area contributed by atoms with Gasteiger partial charge in [0.15, 0.2) is 5.17 Å². The van der Waals surface area contributed by atoms with Crippen LogP contribution >= 0.6 is 23.1 Å². The third-order valence-electron chi connectivity index (χ3n) is 2.29. The second-order valence-corrected chi connectivity index (χ2v) is 5.67. The maximum absolute atomic E-state index is 12.0. The summed E-state index contributed by atoms with van der Waals surface area (Å²) < 4.78 is 0. The zero-order chi connectivity index (χ0) is 13.8. The van der Waals surface area contributed by atoms with Gasteiger partial charge in [0.25, 0.3) is 0 Å². The summed E-state index contributed by atoms with van der Waals surface area (Å²) in [6, 6.07) is 0. The van der Waals surface area contributed by atoms with E-state index in [1.807, 2.05) is 0 Å². The van der Waals surface area contributed by atoms with E-state index < -0.39 is 11.2 Å². The van der Waals surface area contributed by atoms with Crippen molar-refractivity contribution in [3.63, 3.8) is 0 Å². The van der Waals surface area contributed by atoms with Crippen LogP contribution in [-0.4, -0.2) is 38.7 Å². The number of amides is 1. The van der Waals surface area contributed by atoms with Crippen LogP contribution in [0.5, 0.6) is 0 Å². The van der Waals surface area contributed by atoms with E-state index in [0.717, 1.165) is 11.8 Å². The number of hydrogen-bond donors (Lipinski definition) is 0. The van der Waals surface area contributed by atoms with Gasteiger partial charge in [-0.25, -0.2) is 4.98 Å². The van der Waals surface area contributed by atoms with E-state index in [9.17, 15) is 14.7 Å². The van der Waals surface area contributed by atoms with Gasteiger partial charge in [0.05, 0.1) is 5.25 Å². The van der Waals surface area contributed by atoms with Gasteiger partial charge in [-0.2, -0.15) is 4.99 Å². The fourth-order valence-electron chi connectivity index (χ4n) is 1.53. The monoisotopic (exact) mass is 319 g/mol. The van der Waals surface area contributed by atoms with Gasteiger partial charge in [0, 0.05) is 30.5 Å². The topological polar surface area (TPSA) is 85.7 Å². The average molecular weight is 319 g/mol.